The fraction of sp³-hybridized carbons (Fsp3) is 0.400. The molecule has 1 aliphatic rings. The Balaban J connectivity index is 1.46. The second-order valence-corrected chi connectivity index (χ2v) is 8.52. The number of fused-ring (bicyclic) bond motifs is 1. The summed E-state index contributed by atoms with van der Waals surface area (Å²) in [6.07, 6.45) is -0.0495. The van der Waals surface area contributed by atoms with E-state index in [1.165, 1.54) is 4.57 Å². The number of rotatable bonds is 7. The third-order valence-electron chi connectivity index (χ3n) is 5.75. The highest BCUT2D eigenvalue weighted by atomic mass is 16.5. The van der Waals surface area contributed by atoms with Crippen molar-refractivity contribution in [3.05, 3.63) is 58.6 Å². The zero-order chi connectivity index (χ0) is 24.1. The third-order valence-corrected chi connectivity index (χ3v) is 5.75. The van der Waals surface area contributed by atoms with E-state index in [2.05, 4.69) is 16.7 Å². The van der Waals surface area contributed by atoms with Crippen LogP contribution in [0.5, 0.6) is 0 Å². The maximum atomic E-state index is 12.5. The molecular weight excluding hydrogens is 436 g/mol. The summed E-state index contributed by atoms with van der Waals surface area (Å²) in [5.74, 6) is -0.785. The van der Waals surface area contributed by atoms with Crippen LogP contribution in [0.25, 0.3) is 22.2 Å². The highest BCUT2D eigenvalue weighted by Gasteiger charge is 2.23. The molecule has 0 bridgehead atoms. The first-order valence-electron chi connectivity index (χ1n) is 11.4. The van der Waals surface area contributed by atoms with Crippen molar-refractivity contribution in [1.29, 1.82) is 5.26 Å². The van der Waals surface area contributed by atoms with Gasteiger partial charge in [0.25, 0.3) is 5.91 Å². The number of nitriles is 1. The summed E-state index contributed by atoms with van der Waals surface area (Å²) in [5, 5.41) is 25.2. The van der Waals surface area contributed by atoms with Gasteiger partial charge in [0.1, 0.15) is 12.1 Å². The number of oxazole rings is 1. The second kappa shape index (κ2) is 10.7. The molecule has 9 heteroatoms. The summed E-state index contributed by atoms with van der Waals surface area (Å²) in [4.78, 5) is 24.6. The van der Waals surface area contributed by atoms with Gasteiger partial charge in [0.2, 0.25) is 0 Å². The third kappa shape index (κ3) is 5.54. The molecule has 0 unspecified atom stereocenters. The van der Waals surface area contributed by atoms with E-state index >= 15 is 0 Å². The van der Waals surface area contributed by atoms with Crippen LogP contribution < -0.4 is 16.4 Å². The van der Waals surface area contributed by atoms with Crippen LogP contribution in [0.15, 0.2) is 51.7 Å². The summed E-state index contributed by atoms with van der Waals surface area (Å²) in [6, 6.07) is 14.7. The maximum absolute atomic E-state index is 12.5. The molecule has 9 nitrogen and oxygen atoms in total. The number of benzene rings is 2. The van der Waals surface area contributed by atoms with Gasteiger partial charge in [-0.2, -0.15) is 5.26 Å². The number of carbonyl (C=O) groups excluding carboxylic acids is 1. The zero-order valence-electron chi connectivity index (χ0n) is 19.0. The number of hydrogen-bond acceptors (Lipinski definition) is 7. The molecule has 3 atom stereocenters. The summed E-state index contributed by atoms with van der Waals surface area (Å²) in [6.45, 7) is 3.53. The number of aromatic nitrogens is 1. The van der Waals surface area contributed by atoms with Crippen molar-refractivity contribution in [2.75, 3.05) is 19.7 Å². The zero-order valence-corrected chi connectivity index (χ0v) is 19.0. The van der Waals surface area contributed by atoms with Crippen molar-refractivity contribution in [2.24, 2.45) is 0 Å². The Morgan fingerprint density at radius 2 is 2.06 bits per heavy atom. The van der Waals surface area contributed by atoms with Gasteiger partial charge in [-0.05, 0) is 48.7 Å². The maximum Gasteiger partial charge on any atom is 0.420 e. The molecule has 0 saturated carbocycles. The molecule has 4 rings (SSSR count). The number of nitrogens with one attached hydrogen (secondary N) is 2. The Labute approximate surface area is 196 Å². The average Bonchev–Trinajstić information content (AvgIpc) is 2.99. The monoisotopic (exact) mass is 464 g/mol. The molecule has 3 aromatic rings. The van der Waals surface area contributed by atoms with E-state index in [4.69, 9.17) is 9.15 Å². The number of aliphatic hydroxyl groups excluding tert-OH is 1. The lowest BCUT2D eigenvalue weighted by Crippen LogP contribution is -2.46. The molecule has 1 aromatic heterocycles. The largest absolute Gasteiger partial charge is 0.420 e. The van der Waals surface area contributed by atoms with Crippen LogP contribution >= 0.6 is 0 Å². The smallest absolute Gasteiger partial charge is 0.408 e. The lowest BCUT2D eigenvalue weighted by atomic mass is 10.0. The molecule has 1 fully saturated rings. The van der Waals surface area contributed by atoms with E-state index in [0.717, 1.165) is 29.7 Å². The molecule has 3 N–H and O–H groups in total. The molecule has 0 spiro atoms. The van der Waals surface area contributed by atoms with Crippen molar-refractivity contribution in [1.82, 2.24) is 15.2 Å². The summed E-state index contributed by atoms with van der Waals surface area (Å²) < 4.78 is 12.2. The first kappa shape index (κ1) is 23.7. The van der Waals surface area contributed by atoms with Gasteiger partial charge in [0.15, 0.2) is 5.58 Å². The van der Waals surface area contributed by atoms with Gasteiger partial charge in [0.05, 0.1) is 24.2 Å². The van der Waals surface area contributed by atoms with Crippen LogP contribution in [-0.4, -0.2) is 53.5 Å². The Bertz CT molecular complexity index is 1230. The predicted octanol–water partition coefficient (Wildman–Crippen LogP) is 1.57. The minimum atomic E-state index is -0.680. The van der Waals surface area contributed by atoms with Crippen LogP contribution in [0, 0.1) is 11.3 Å². The fourth-order valence-corrected chi connectivity index (χ4v) is 4.02. The Morgan fingerprint density at radius 1 is 1.29 bits per heavy atom. The van der Waals surface area contributed by atoms with Crippen molar-refractivity contribution in [3.63, 3.8) is 0 Å². The fourth-order valence-electron chi connectivity index (χ4n) is 4.02. The molecular formula is C25H28N4O5. The van der Waals surface area contributed by atoms with Crippen LogP contribution in [-0.2, 0) is 22.5 Å². The van der Waals surface area contributed by atoms with Gasteiger partial charge in [-0.3, -0.25) is 9.36 Å². The Morgan fingerprint density at radius 3 is 2.79 bits per heavy atom. The number of nitrogens with zero attached hydrogens (tertiary/aromatic N) is 2. The normalized spacial score (nSPS) is 18.1. The topological polar surface area (TPSA) is 130 Å². The Hall–Kier alpha value is -3.45. The van der Waals surface area contributed by atoms with E-state index in [0.29, 0.717) is 30.7 Å². The minimum Gasteiger partial charge on any atom is -0.408 e. The summed E-state index contributed by atoms with van der Waals surface area (Å²) in [5.41, 5.74) is 3.81. The number of aliphatic hydroxyl groups is 1. The SMILES string of the molecule is C[C@H](O)Cn1c(=O)oc2ccc(-c3ccc(C[C@@H](C#N)NC(=O)[C@@H]4CNCCCO4)cc3)cc21. The van der Waals surface area contributed by atoms with E-state index < -0.39 is 24.0 Å². The molecule has 0 radical (unpaired) electrons. The lowest BCUT2D eigenvalue weighted by molar-refractivity contribution is -0.132. The van der Waals surface area contributed by atoms with Crippen molar-refractivity contribution in [3.8, 4) is 17.2 Å². The summed E-state index contributed by atoms with van der Waals surface area (Å²) in [7, 11) is 0. The molecule has 34 heavy (non-hydrogen) atoms. The van der Waals surface area contributed by atoms with E-state index in [-0.39, 0.29) is 12.5 Å². The van der Waals surface area contributed by atoms with Crippen LogP contribution in [0.1, 0.15) is 18.9 Å². The highest BCUT2D eigenvalue weighted by molar-refractivity contribution is 5.82. The second-order valence-electron chi connectivity index (χ2n) is 8.52. The van der Waals surface area contributed by atoms with Crippen molar-refractivity contribution in [2.45, 2.75) is 44.6 Å². The van der Waals surface area contributed by atoms with Crippen LogP contribution in [0.3, 0.4) is 0 Å². The highest BCUT2D eigenvalue weighted by Crippen LogP contribution is 2.25. The minimum absolute atomic E-state index is 0.150. The van der Waals surface area contributed by atoms with E-state index in [1.54, 1.807) is 13.0 Å². The van der Waals surface area contributed by atoms with Crippen molar-refractivity contribution < 1.29 is 19.1 Å². The van der Waals surface area contributed by atoms with E-state index in [1.807, 2.05) is 36.4 Å². The lowest BCUT2D eigenvalue weighted by Gasteiger charge is -2.18. The standard InChI is InChI=1S/C25H28N4O5/c1-16(30)15-29-21-12-19(7-8-22(21)34-25(29)32)18-5-3-17(4-6-18)11-20(13-26)28-24(31)23-14-27-9-2-10-33-23/h3-8,12,16,20,23,27,30H,2,9-11,14-15H2,1H3,(H,28,31)/t16-,20-,23-/m0/s1. The van der Waals surface area contributed by atoms with Crippen molar-refractivity contribution >= 4 is 17.0 Å². The predicted molar refractivity (Wildman–Crippen MR) is 126 cm³/mol. The molecule has 1 amide bonds. The van der Waals surface area contributed by atoms with Crippen LogP contribution in [0.4, 0.5) is 0 Å². The van der Waals surface area contributed by atoms with Crippen LogP contribution in [0.2, 0.25) is 0 Å². The Kier molecular flexibility index (Phi) is 7.43. The van der Waals surface area contributed by atoms with Gasteiger partial charge < -0.3 is 24.9 Å². The van der Waals surface area contributed by atoms with Gasteiger partial charge in [-0.25, -0.2) is 4.79 Å². The van der Waals surface area contributed by atoms with Gasteiger partial charge in [-0.15, -0.1) is 0 Å². The molecule has 1 aliphatic heterocycles. The summed E-state index contributed by atoms with van der Waals surface area (Å²) >= 11 is 0. The van der Waals surface area contributed by atoms with Gasteiger partial charge in [0, 0.05) is 19.6 Å². The quantitative estimate of drug-likeness (QED) is 0.484. The molecule has 178 valence electrons. The number of carbonyl (C=O) groups is 1. The average molecular weight is 465 g/mol. The molecule has 1 saturated heterocycles. The van der Waals surface area contributed by atoms with Gasteiger partial charge in [-0.1, -0.05) is 30.3 Å². The first-order chi connectivity index (χ1) is 16.4. The molecule has 2 aromatic carbocycles. The first-order valence-corrected chi connectivity index (χ1v) is 11.4. The number of hydrogen-bond donors (Lipinski definition) is 3. The number of amides is 1. The number of ether oxygens (including phenoxy) is 1. The van der Waals surface area contributed by atoms with Gasteiger partial charge >= 0.3 is 5.76 Å². The molecule has 2 heterocycles. The molecule has 0 aliphatic carbocycles. The van der Waals surface area contributed by atoms with E-state index in [9.17, 15) is 20.0 Å².